The molecule has 8 rings (SSSR count). The van der Waals surface area contributed by atoms with Crippen molar-refractivity contribution in [2.75, 3.05) is 0 Å². The van der Waals surface area contributed by atoms with Gasteiger partial charge in [0.1, 0.15) is 11.2 Å². The summed E-state index contributed by atoms with van der Waals surface area (Å²) in [5.41, 5.74) is 11.1. The zero-order valence-electron chi connectivity index (χ0n) is 25.8. The van der Waals surface area contributed by atoms with Crippen LogP contribution in [-0.2, 0) is 0 Å². The van der Waals surface area contributed by atoms with Crippen molar-refractivity contribution in [3.05, 3.63) is 168 Å². The van der Waals surface area contributed by atoms with Gasteiger partial charge in [0, 0.05) is 21.9 Å². The molecule has 0 spiro atoms. The number of fused-ring (bicyclic) bond motifs is 3. The first-order chi connectivity index (χ1) is 23.2. The van der Waals surface area contributed by atoms with Crippen LogP contribution < -0.4 is 0 Å². The van der Waals surface area contributed by atoms with Gasteiger partial charge in [-0.3, -0.25) is 4.99 Å². The quantitative estimate of drug-likeness (QED) is 0.196. The van der Waals surface area contributed by atoms with Crippen LogP contribution in [0.4, 0.5) is 0 Å². The van der Waals surface area contributed by atoms with Crippen LogP contribution in [0.3, 0.4) is 0 Å². The van der Waals surface area contributed by atoms with Gasteiger partial charge in [0.25, 0.3) is 0 Å². The summed E-state index contributed by atoms with van der Waals surface area (Å²) in [6, 6.07) is 52.0. The molecular formula is C43H31N3O. The molecule has 0 saturated heterocycles. The molecule has 6 aromatic carbocycles. The predicted molar refractivity (Wildman–Crippen MR) is 192 cm³/mol. The molecule has 0 radical (unpaired) electrons. The summed E-state index contributed by atoms with van der Waals surface area (Å²) in [5, 5.41) is 11.6. The molecule has 0 fully saturated rings. The maximum atomic E-state index is 9.48. The Hall–Kier alpha value is -6.05. The standard InChI is InChI=1S/C43H31N3O/c44-28-29-21-23-31(24-22-29)41-35(25-26-40-42(41)36-17-7-8-20-39(36)47-40)33-15-9-16-34(27-33)38-19-10-18-37(30-11-3-1-4-12-30)45-43(46-38)32-13-5-2-6-14-32/h1-9,11-17,20-27,38H,10,18-19H2/b45-37+,46-43-. The Kier molecular flexibility index (Phi) is 7.49. The number of nitrogens with zero attached hydrogens (tertiary/aromatic N) is 3. The summed E-state index contributed by atoms with van der Waals surface area (Å²) >= 11 is 0. The highest BCUT2D eigenvalue weighted by Crippen LogP contribution is 2.43. The average molecular weight is 606 g/mol. The molecule has 4 heteroatoms. The number of para-hydroxylation sites is 1. The van der Waals surface area contributed by atoms with Crippen LogP contribution in [0.5, 0.6) is 0 Å². The molecule has 1 unspecified atom stereocenters. The van der Waals surface area contributed by atoms with Crippen molar-refractivity contribution in [2.24, 2.45) is 9.98 Å². The summed E-state index contributed by atoms with van der Waals surface area (Å²) in [5.74, 6) is 0.768. The van der Waals surface area contributed by atoms with E-state index in [0.29, 0.717) is 5.56 Å². The Morgan fingerprint density at radius 2 is 1.36 bits per heavy atom. The fourth-order valence-electron chi connectivity index (χ4n) is 6.68. The largest absolute Gasteiger partial charge is 0.456 e. The van der Waals surface area contributed by atoms with E-state index in [2.05, 4.69) is 91.0 Å². The zero-order valence-corrected chi connectivity index (χ0v) is 25.8. The minimum atomic E-state index is -0.0388. The number of furan rings is 1. The SMILES string of the molecule is N#Cc1ccc(-c2c(-c3cccc(C4CCC/C(c5ccccc5)=N\C(c5ccccc5)=N/4)c3)ccc3oc4ccccc4c23)cc1. The van der Waals surface area contributed by atoms with E-state index in [-0.39, 0.29) is 6.04 Å². The van der Waals surface area contributed by atoms with Gasteiger partial charge in [-0.1, -0.05) is 115 Å². The van der Waals surface area contributed by atoms with Gasteiger partial charge in [0.2, 0.25) is 0 Å². The molecule has 0 N–H and O–H groups in total. The minimum Gasteiger partial charge on any atom is -0.456 e. The number of rotatable bonds is 5. The van der Waals surface area contributed by atoms with Crippen LogP contribution in [0.25, 0.3) is 44.2 Å². The van der Waals surface area contributed by atoms with Gasteiger partial charge in [-0.25, -0.2) is 4.99 Å². The van der Waals surface area contributed by atoms with Gasteiger partial charge < -0.3 is 4.42 Å². The van der Waals surface area contributed by atoms with Crippen LogP contribution in [0.15, 0.2) is 160 Å². The molecule has 0 aliphatic carbocycles. The molecule has 1 aliphatic heterocycles. The number of nitriles is 1. The molecule has 0 amide bonds. The second-order valence-electron chi connectivity index (χ2n) is 11.9. The lowest BCUT2D eigenvalue weighted by Crippen LogP contribution is -2.12. The van der Waals surface area contributed by atoms with Gasteiger partial charge in [-0.05, 0) is 77.4 Å². The van der Waals surface area contributed by atoms with Crippen LogP contribution in [-0.4, -0.2) is 11.5 Å². The first-order valence-electron chi connectivity index (χ1n) is 16.1. The average Bonchev–Trinajstić information content (AvgIpc) is 3.51. The third kappa shape index (κ3) is 5.54. The van der Waals surface area contributed by atoms with Crippen LogP contribution >= 0.6 is 0 Å². The van der Waals surface area contributed by atoms with E-state index in [0.717, 1.165) is 91.7 Å². The Labute approximate surface area is 274 Å². The van der Waals surface area contributed by atoms with Crippen molar-refractivity contribution in [3.8, 4) is 28.3 Å². The molecule has 4 nitrogen and oxygen atoms in total. The number of benzene rings is 6. The minimum absolute atomic E-state index is 0.0388. The van der Waals surface area contributed by atoms with E-state index in [1.54, 1.807) is 0 Å². The van der Waals surface area contributed by atoms with Crippen LogP contribution in [0.2, 0.25) is 0 Å². The van der Waals surface area contributed by atoms with E-state index in [1.165, 1.54) is 0 Å². The molecule has 224 valence electrons. The van der Waals surface area contributed by atoms with Gasteiger partial charge in [0.05, 0.1) is 23.4 Å². The topological polar surface area (TPSA) is 61.6 Å². The maximum Gasteiger partial charge on any atom is 0.155 e. The van der Waals surface area contributed by atoms with Gasteiger partial charge in [-0.2, -0.15) is 5.26 Å². The molecule has 0 bridgehead atoms. The Morgan fingerprint density at radius 3 is 2.15 bits per heavy atom. The number of hydrogen-bond acceptors (Lipinski definition) is 4. The van der Waals surface area contributed by atoms with Crippen LogP contribution in [0.1, 0.15) is 47.6 Å². The lowest BCUT2D eigenvalue weighted by Gasteiger charge is -2.20. The molecule has 7 aromatic rings. The maximum absolute atomic E-state index is 9.48. The zero-order chi connectivity index (χ0) is 31.6. The fraction of sp³-hybridized carbons (Fsp3) is 0.0930. The highest BCUT2D eigenvalue weighted by atomic mass is 16.3. The summed E-state index contributed by atoms with van der Waals surface area (Å²) < 4.78 is 6.31. The van der Waals surface area contributed by atoms with Gasteiger partial charge in [0.15, 0.2) is 5.84 Å². The summed E-state index contributed by atoms with van der Waals surface area (Å²) in [6.07, 6.45) is 2.79. The molecular weight excluding hydrogens is 574 g/mol. The molecule has 1 aliphatic rings. The Bertz CT molecular complexity index is 2330. The monoisotopic (exact) mass is 605 g/mol. The predicted octanol–water partition coefficient (Wildman–Crippen LogP) is 11.0. The van der Waals surface area contributed by atoms with Crippen molar-refractivity contribution in [2.45, 2.75) is 25.3 Å². The van der Waals surface area contributed by atoms with E-state index >= 15 is 0 Å². The first-order valence-corrected chi connectivity index (χ1v) is 16.1. The molecule has 47 heavy (non-hydrogen) atoms. The third-order valence-electron chi connectivity index (χ3n) is 8.98. The number of hydrogen-bond donors (Lipinski definition) is 0. The lowest BCUT2D eigenvalue weighted by atomic mass is 9.88. The van der Waals surface area contributed by atoms with Crippen molar-refractivity contribution in [1.82, 2.24) is 0 Å². The first kappa shape index (κ1) is 28.4. The highest BCUT2D eigenvalue weighted by Gasteiger charge is 2.21. The van der Waals surface area contributed by atoms with E-state index in [4.69, 9.17) is 14.4 Å². The summed E-state index contributed by atoms with van der Waals surface area (Å²) in [6.45, 7) is 0. The molecule has 0 saturated carbocycles. The van der Waals surface area contributed by atoms with E-state index in [1.807, 2.05) is 60.7 Å². The second-order valence-corrected chi connectivity index (χ2v) is 11.9. The smallest absolute Gasteiger partial charge is 0.155 e. The van der Waals surface area contributed by atoms with Crippen molar-refractivity contribution in [3.63, 3.8) is 0 Å². The summed E-state index contributed by atoms with van der Waals surface area (Å²) in [4.78, 5) is 10.5. The van der Waals surface area contributed by atoms with E-state index in [9.17, 15) is 5.26 Å². The second kappa shape index (κ2) is 12.4. The van der Waals surface area contributed by atoms with Gasteiger partial charge in [-0.15, -0.1) is 0 Å². The molecule has 1 atom stereocenters. The summed E-state index contributed by atoms with van der Waals surface area (Å²) in [7, 11) is 0. The fourth-order valence-corrected chi connectivity index (χ4v) is 6.68. The number of amidine groups is 1. The number of aliphatic imine (C=N–C) groups is 2. The molecule has 2 heterocycles. The third-order valence-corrected chi connectivity index (χ3v) is 8.98. The van der Waals surface area contributed by atoms with Crippen molar-refractivity contribution >= 4 is 33.5 Å². The Morgan fingerprint density at radius 1 is 0.638 bits per heavy atom. The normalized spacial score (nSPS) is 17.2. The lowest BCUT2D eigenvalue weighted by molar-refractivity contribution is 0.622. The van der Waals surface area contributed by atoms with Crippen LogP contribution in [0, 0.1) is 11.3 Å². The van der Waals surface area contributed by atoms with Crippen molar-refractivity contribution < 1.29 is 4.42 Å². The van der Waals surface area contributed by atoms with Crippen molar-refractivity contribution in [1.29, 1.82) is 5.26 Å². The highest BCUT2D eigenvalue weighted by molar-refractivity contribution is 6.16. The molecule has 1 aromatic heterocycles. The van der Waals surface area contributed by atoms with E-state index < -0.39 is 0 Å². The Balaban J connectivity index is 1.28. The van der Waals surface area contributed by atoms with Gasteiger partial charge >= 0.3 is 0 Å².